The van der Waals surface area contributed by atoms with Crippen molar-refractivity contribution in [3.63, 3.8) is 0 Å². The molecule has 0 aromatic carbocycles. The maximum atomic E-state index is 9.10. The maximum absolute atomic E-state index is 9.10. The number of aliphatic carboxylic acids is 16. The zero-order valence-corrected chi connectivity index (χ0v) is 31.9. The fourth-order valence-corrected chi connectivity index (χ4v) is 0. The Hall–Kier alpha value is -5.78. The van der Waals surface area contributed by atoms with Crippen molar-refractivity contribution in [1.29, 1.82) is 0 Å². The van der Waals surface area contributed by atoms with Gasteiger partial charge in [0.25, 0.3) is 0 Å². The van der Waals surface area contributed by atoms with Crippen molar-refractivity contribution >= 4 is 95.5 Å². The van der Waals surface area contributed by atoms with Crippen LogP contribution in [-0.4, -0.2) is 199 Å². The smallest absolute Gasteiger partial charge is 0.414 e. The third-order valence-corrected chi connectivity index (χ3v) is 1.46. The van der Waals surface area contributed by atoms with Crippen LogP contribution in [0.15, 0.2) is 0 Å². The van der Waals surface area contributed by atoms with Crippen LogP contribution in [0.25, 0.3) is 0 Å². The van der Waals surface area contributed by atoms with Crippen LogP contribution in [0.5, 0.6) is 0 Å². The van der Waals surface area contributed by atoms with E-state index in [1.165, 1.54) is 0 Å². The number of carboxylic acids is 16. The van der Waals surface area contributed by atoms with Crippen molar-refractivity contribution in [2.45, 2.75) is 0 Å². The third kappa shape index (κ3) is 156. The summed E-state index contributed by atoms with van der Waals surface area (Å²) in [6.07, 6.45) is 0. The molecule has 0 aliphatic carbocycles. The van der Waals surface area contributed by atoms with Gasteiger partial charge in [0.05, 0.1) is 0 Å². The van der Waals surface area contributed by atoms with E-state index in [-0.39, 0.29) is 109 Å². The van der Waals surface area contributed by atoms with Gasteiger partial charge in [-0.1, -0.05) is 0 Å². The first-order valence-corrected chi connectivity index (χ1v) is 8.84. The first-order chi connectivity index (χ1) is 21.1. The van der Waals surface area contributed by atoms with Gasteiger partial charge < -0.3 is 104 Å². The fraction of sp³-hybridized carbons (Fsp3) is 0. The SMILES string of the molecule is O.O.O.O.O=C(O)C(=O)O.O=C(O)C(=O)O.O=C(O)C(=O)O.O=C(O)C(=O)O.O=C(O)C(=O)O.O=C(O)C(=O)O.O=C(O)C(=O)O.O=C(O)C(=O)O.[Ti].[Ti].[Ti].[Ti]. The number of carbonyl (C=O) groups is 16. The summed E-state index contributed by atoms with van der Waals surface area (Å²) in [6, 6.07) is 0. The summed E-state index contributed by atoms with van der Waals surface area (Å²) in [5.74, 6) is -29.2. The van der Waals surface area contributed by atoms with Crippen molar-refractivity contribution in [1.82, 2.24) is 0 Å². The Kier molecular flexibility index (Phi) is 119. The second kappa shape index (κ2) is 64.2. The fourth-order valence-electron chi connectivity index (χ4n) is 0. The summed E-state index contributed by atoms with van der Waals surface area (Å²) in [5.41, 5.74) is 0. The minimum Gasteiger partial charge on any atom is -0.473 e. The molecule has 0 spiro atoms. The van der Waals surface area contributed by atoms with E-state index in [1.807, 2.05) is 0 Å². The molecule has 0 aromatic rings. The van der Waals surface area contributed by atoms with Crippen molar-refractivity contribution in [2.75, 3.05) is 0 Å². The molecular weight excluding hydrogens is 960 g/mol. The largest absolute Gasteiger partial charge is 0.473 e. The molecule has 56 heavy (non-hydrogen) atoms. The first kappa shape index (κ1) is 104. The minimum atomic E-state index is -1.82. The van der Waals surface area contributed by atoms with Crippen molar-refractivity contribution < 1.29 is 267 Å². The molecule has 0 fully saturated rings. The molecule has 0 unspecified atom stereocenters. The van der Waals surface area contributed by atoms with Gasteiger partial charge in [0.2, 0.25) is 0 Å². The summed E-state index contributed by atoms with van der Waals surface area (Å²) >= 11 is 0. The van der Waals surface area contributed by atoms with Crippen LogP contribution in [0.1, 0.15) is 0 Å². The van der Waals surface area contributed by atoms with Crippen LogP contribution in [0.3, 0.4) is 0 Å². The molecule has 0 atom stereocenters. The molecule has 0 rings (SSSR count). The molecule has 0 heterocycles. The zero-order chi connectivity index (χ0) is 41.2. The molecule has 0 aliphatic heterocycles. The Morgan fingerprint density at radius 1 is 0.143 bits per heavy atom. The molecule has 320 valence electrons. The summed E-state index contributed by atoms with van der Waals surface area (Å²) in [7, 11) is 0. The van der Waals surface area contributed by atoms with Crippen LogP contribution in [0.2, 0.25) is 0 Å². The molecule has 0 saturated heterocycles. The van der Waals surface area contributed by atoms with Gasteiger partial charge in [-0.2, -0.15) is 0 Å². The van der Waals surface area contributed by atoms with E-state index < -0.39 is 95.5 Å². The second-order valence-electron chi connectivity index (χ2n) is 4.88. The van der Waals surface area contributed by atoms with E-state index in [1.54, 1.807) is 0 Å². The Balaban J connectivity index is -0.0000000229. The minimum absolute atomic E-state index is 0. The predicted molar refractivity (Wildman–Crippen MR) is 137 cm³/mol. The molecule has 0 saturated carbocycles. The van der Waals surface area contributed by atoms with Gasteiger partial charge in [-0.3, -0.25) is 0 Å². The molecule has 0 bridgehead atoms. The molecule has 0 aliphatic rings. The van der Waals surface area contributed by atoms with Crippen molar-refractivity contribution in [2.24, 2.45) is 0 Å². The van der Waals surface area contributed by atoms with E-state index in [9.17, 15) is 0 Å². The molecule has 0 aromatic heterocycles. The summed E-state index contributed by atoms with van der Waals surface area (Å²) in [6.45, 7) is 0. The standard InChI is InChI=1S/8C2H2O4.4H2O.4Ti/c8*3-1(4)2(5)6;;;;;;;;/h8*(H,3,4)(H,5,6);4*1H2;;;;. The summed E-state index contributed by atoms with van der Waals surface area (Å²) < 4.78 is 0. The van der Waals surface area contributed by atoms with E-state index in [4.69, 9.17) is 158 Å². The molecule has 24 N–H and O–H groups in total. The molecule has 0 amide bonds. The molecule has 36 nitrogen and oxygen atoms in total. The molecule has 0 radical (unpaired) electrons. The first-order valence-electron chi connectivity index (χ1n) is 8.84. The van der Waals surface area contributed by atoms with Gasteiger partial charge in [0, 0.05) is 86.9 Å². The van der Waals surface area contributed by atoms with E-state index in [0.717, 1.165) is 0 Å². The van der Waals surface area contributed by atoms with Crippen LogP contribution in [-0.2, 0) is 164 Å². The second-order valence-corrected chi connectivity index (χ2v) is 4.88. The molecular formula is C16H24O36Ti4. The van der Waals surface area contributed by atoms with Gasteiger partial charge in [-0.05, 0) is 0 Å². The average Bonchev–Trinajstić information content (AvgIpc) is 2.90. The third-order valence-electron chi connectivity index (χ3n) is 1.46. The Labute approximate surface area is 360 Å². The number of rotatable bonds is 0. The monoisotopic (exact) mass is 984 g/mol. The van der Waals surface area contributed by atoms with Crippen LogP contribution in [0.4, 0.5) is 0 Å². The summed E-state index contributed by atoms with van der Waals surface area (Å²) in [5, 5.41) is 118. The van der Waals surface area contributed by atoms with Gasteiger partial charge in [0.1, 0.15) is 0 Å². The topological polar surface area (TPSA) is 723 Å². The van der Waals surface area contributed by atoms with Gasteiger partial charge in [-0.25, -0.2) is 76.7 Å². The van der Waals surface area contributed by atoms with Crippen molar-refractivity contribution in [3.05, 3.63) is 0 Å². The van der Waals surface area contributed by atoms with Gasteiger partial charge >= 0.3 is 95.5 Å². The number of carboxylic acid groups (broad SMARTS) is 16. The predicted octanol–water partition coefficient (Wildman–Crippen LogP) is -10.1. The Bertz CT molecular complexity index is 883. The number of hydrogen-bond acceptors (Lipinski definition) is 16. The molecule has 40 heteroatoms. The van der Waals surface area contributed by atoms with Crippen LogP contribution < -0.4 is 0 Å². The Morgan fingerprint density at radius 3 is 0.161 bits per heavy atom. The van der Waals surface area contributed by atoms with E-state index >= 15 is 0 Å². The summed E-state index contributed by atoms with van der Waals surface area (Å²) in [4.78, 5) is 146. The number of hydrogen-bond donors (Lipinski definition) is 16. The van der Waals surface area contributed by atoms with Gasteiger partial charge in [-0.15, -0.1) is 0 Å². The normalized spacial score (nSPS) is 6.29. The van der Waals surface area contributed by atoms with Gasteiger partial charge in [0.15, 0.2) is 0 Å². The zero-order valence-electron chi connectivity index (χ0n) is 25.7. The van der Waals surface area contributed by atoms with Crippen molar-refractivity contribution in [3.8, 4) is 0 Å². The average molecular weight is 984 g/mol. The quantitative estimate of drug-likeness (QED) is 0.0791. The Morgan fingerprint density at radius 2 is 0.161 bits per heavy atom. The maximum Gasteiger partial charge on any atom is 0.414 e. The van der Waals surface area contributed by atoms with Crippen LogP contribution >= 0.6 is 0 Å². The van der Waals surface area contributed by atoms with E-state index in [0.29, 0.717) is 0 Å². The van der Waals surface area contributed by atoms with E-state index in [2.05, 4.69) is 0 Å². The van der Waals surface area contributed by atoms with Crippen LogP contribution in [0, 0.1) is 0 Å².